The van der Waals surface area contributed by atoms with E-state index >= 15 is 0 Å². The summed E-state index contributed by atoms with van der Waals surface area (Å²) in [5.74, 6) is 1.83. The molecule has 0 amide bonds. The number of nitrogens with two attached hydrogens (primary N) is 1. The zero-order chi connectivity index (χ0) is 19.5. The van der Waals surface area contributed by atoms with Crippen LogP contribution in [0.3, 0.4) is 0 Å². The number of pyridine rings is 1. The molecule has 0 fully saturated rings. The molecule has 0 saturated heterocycles. The van der Waals surface area contributed by atoms with Crippen LogP contribution in [0.2, 0.25) is 0 Å². The van der Waals surface area contributed by atoms with Gasteiger partial charge in [0.25, 0.3) is 0 Å². The number of ether oxygens (including phenoxy) is 1. The highest BCUT2D eigenvalue weighted by molar-refractivity contribution is 5.94. The number of aromatic nitrogens is 3. The first-order valence-electron chi connectivity index (χ1n) is 8.79. The van der Waals surface area contributed by atoms with Crippen LogP contribution in [-0.2, 0) is 0 Å². The third-order valence-corrected chi connectivity index (χ3v) is 4.36. The summed E-state index contributed by atoms with van der Waals surface area (Å²) in [6, 6.07) is 17.4. The number of benzene rings is 2. The van der Waals surface area contributed by atoms with E-state index < -0.39 is 0 Å². The maximum atomic E-state index is 6.31. The number of nitrogens with one attached hydrogen (secondary N) is 2. The lowest BCUT2D eigenvalue weighted by atomic mass is 10.1. The second kappa shape index (κ2) is 7.40. The number of rotatable bonds is 5. The molecule has 7 heteroatoms. The molecule has 0 spiro atoms. The van der Waals surface area contributed by atoms with Crippen LogP contribution < -0.4 is 21.1 Å². The molecule has 4 aromatic rings. The van der Waals surface area contributed by atoms with E-state index in [9.17, 15) is 0 Å². The fourth-order valence-electron chi connectivity index (χ4n) is 2.90. The van der Waals surface area contributed by atoms with Crippen LogP contribution in [-0.4, -0.2) is 22.1 Å². The molecule has 0 bridgehead atoms. The molecule has 0 aliphatic carbocycles. The van der Waals surface area contributed by atoms with Crippen molar-refractivity contribution in [2.45, 2.75) is 6.92 Å². The second-order valence-electron chi connectivity index (χ2n) is 6.29. The molecule has 2 aromatic carbocycles. The molecule has 4 N–H and O–H groups in total. The van der Waals surface area contributed by atoms with Gasteiger partial charge < -0.3 is 21.1 Å². The normalized spacial score (nSPS) is 10.6. The van der Waals surface area contributed by atoms with E-state index in [0.717, 1.165) is 33.7 Å². The molecule has 0 saturated carbocycles. The van der Waals surface area contributed by atoms with Crippen LogP contribution in [0.4, 0.5) is 28.7 Å². The second-order valence-corrected chi connectivity index (χ2v) is 6.29. The van der Waals surface area contributed by atoms with Gasteiger partial charge in [-0.25, -0.2) is 9.97 Å². The molecule has 0 unspecified atom stereocenters. The molecular weight excluding hydrogens is 352 g/mol. The summed E-state index contributed by atoms with van der Waals surface area (Å²) < 4.78 is 5.18. The number of hydrogen-bond donors (Lipinski definition) is 3. The van der Waals surface area contributed by atoms with Gasteiger partial charge in [-0.3, -0.25) is 4.98 Å². The number of hydrogen-bond acceptors (Lipinski definition) is 7. The Bertz CT molecular complexity index is 1130. The lowest BCUT2D eigenvalue weighted by Gasteiger charge is -2.14. The molecule has 0 atom stereocenters. The summed E-state index contributed by atoms with van der Waals surface area (Å²) in [6.45, 7) is 1.97. The van der Waals surface area contributed by atoms with Crippen molar-refractivity contribution in [1.29, 1.82) is 0 Å². The van der Waals surface area contributed by atoms with Gasteiger partial charge in [0.15, 0.2) is 11.6 Å². The van der Waals surface area contributed by atoms with E-state index in [0.29, 0.717) is 17.3 Å². The van der Waals surface area contributed by atoms with Crippen molar-refractivity contribution >= 4 is 39.6 Å². The fraction of sp³-hybridized carbons (Fsp3) is 0.0952. The van der Waals surface area contributed by atoms with Crippen LogP contribution in [0, 0.1) is 6.92 Å². The number of nitrogen functional groups attached to an aromatic ring is 1. The predicted octanol–water partition coefficient (Wildman–Crippen LogP) is 4.41. The largest absolute Gasteiger partial charge is 0.497 e. The van der Waals surface area contributed by atoms with Crippen molar-refractivity contribution < 1.29 is 4.74 Å². The maximum absolute atomic E-state index is 6.31. The van der Waals surface area contributed by atoms with Crippen LogP contribution in [0.15, 0.2) is 60.9 Å². The Balaban J connectivity index is 1.63. The molecule has 0 aliphatic rings. The summed E-state index contributed by atoms with van der Waals surface area (Å²) >= 11 is 0. The highest BCUT2D eigenvalue weighted by atomic mass is 16.5. The van der Waals surface area contributed by atoms with Gasteiger partial charge in [0.2, 0.25) is 0 Å². The fourth-order valence-corrected chi connectivity index (χ4v) is 2.90. The standard InChI is InChI=1S/C21H20N6O/c1-13-6-11-16-17(25-13)4-3-5-18(16)27-21-19(22)20(23-12-24-21)26-14-7-9-15(28-2)10-8-14/h3-12H,22H2,1-2H3,(H2,23,24,26,27). The Kier molecular flexibility index (Phi) is 4.63. The molecule has 140 valence electrons. The van der Waals surface area contributed by atoms with E-state index in [4.69, 9.17) is 10.5 Å². The quantitative estimate of drug-likeness (QED) is 0.477. The van der Waals surface area contributed by atoms with Gasteiger partial charge in [-0.2, -0.15) is 0 Å². The number of anilines is 5. The summed E-state index contributed by atoms with van der Waals surface area (Å²) in [7, 11) is 1.63. The Morgan fingerprint density at radius 2 is 1.64 bits per heavy atom. The Hall–Kier alpha value is -3.87. The van der Waals surface area contributed by atoms with Gasteiger partial charge in [0.05, 0.1) is 12.6 Å². The first kappa shape index (κ1) is 17.5. The minimum absolute atomic E-state index is 0.426. The zero-order valence-corrected chi connectivity index (χ0v) is 15.6. The molecule has 2 aromatic heterocycles. The molecule has 0 aliphatic heterocycles. The number of aryl methyl sites for hydroxylation is 1. The SMILES string of the molecule is COc1ccc(Nc2ncnc(Nc3cccc4nc(C)ccc34)c2N)cc1. The number of fused-ring (bicyclic) bond motifs is 1. The van der Waals surface area contributed by atoms with Crippen molar-refractivity contribution in [3.05, 3.63) is 66.6 Å². The maximum Gasteiger partial charge on any atom is 0.159 e. The van der Waals surface area contributed by atoms with E-state index in [1.54, 1.807) is 7.11 Å². The highest BCUT2D eigenvalue weighted by Gasteiger charge is 2.11. The van der Waals surface area contributed by atoms with Crippen molar-refractivity contribution in [3.63, 3.8) is 0 Å². The third kappa shape index (κ3) is 3.50. The number of nitrogens with zero attached hydrogens (tertiary/aromatic N) is 3. The van der Waals surface area contributed by atoms with Gasteiger partial charge in [-0.1, -0.05) is 6.07 Å². The summed E-state index contributed by atoms with van der Waals surface area (Å²) in [5.41, 5.74) is 10.3. The minimum Gasteiger partial charge on any atom is -0.497 e. The molecule has 7 nitrogen and oxygen atoms in total. The van der Waals surface area contributed by atoms with Crippen molar-refractivity contribution in [2.24, 2.45) is 0 Å². The Morgan fingerprint density at radius 1 is 0.893 bits per heavy atom. The van der Waals surface area contributed by atoms with Gasteiger partial charge in [-0.05, 0) is 55.5 Å². The van der Waals surface area contributed by atoms with Gasteiger partial charge in [-0.15, -0.1) is 0 Å². The van der Waals surface area contributed by atoms with Gasteiger partial charge in [0, 0.05) is 22.5 Å². The molecule has 4 rings (SSSR count). The van der Waals surface area contributed by atoms with E-state index in [-0.39, 0.29) is 0 Å². The molecular formula is C21H20N6O. The van der Waals surface area contributed by atoms with Crippen molar-refractivity contribution in [3.8, 4) is 5.75 Å². The van der Waals surface area contributed by atoms with Crippen LogP contribution in [0.25, 0.3) is 10.9 Å². The number of methoxy groups -OCH3 is 1. The zero-order valence-electron chi connectivity index (χ0n) is 15.6. The molecule has 28 heavy (non-hydrogen) atoms. The predicted molar refractivity (Wildman–Crippen MR) is 112 cm³/mol. The first-order chi connectivity index (χ1) is 13.6. The minimum atomic E-state index is 0.426. The lowest BCUT2D eigenvalue weighted by molar-refractivity contribution is 0.415. The summed E-state index contributed by atoms with van der Waals surface area (Å²) in [5, 5.41) is 7.51. The van der Waals surface area contributed by atoms with Gasteiger partial charge in [0.1, 0.15) is 17.8 Å². The van der Waals surface area contributed by atoms with Crippen molar-refractivity contribution in [1.82, 2.24) is 15.0 Å². The Morgan fingerprint density at radius 3 is 2.39 bits per heavy atom. The average molecular weight is 372 g/mol. The third-order valence-electron chi connectivity index (χ3n) is 4.36. The smallest absolute Gasteiger partial charge is 0.159 e. The topological polar surface area (TPSA) is 98.0 Å². The van der Waals surface area contributed by atoms with E-state index in [2.05, 4.69) is 25.6 Å². The molecule has 0 radical (unpaired) electrons. The van der Waals surface area contributed by atoms with E-state index in [1.165, 1.54) is 6.33 Å². The summed E-state index contributed by atoms with van der Waals surface area (Å²) in [6.07, 6.45) is 1.47. The first-order valence-corrected chi connectivity index (χ1v) is 8.79. The highest BCUT2D eigenvalue weighted by Crippen LogP contribution is 2.31. The van der Waals surface area contributed by atoms with Crippen LogP contribution >= 0.6 is 0 Å². The van der Waals surface area contributed by atoms with Crippen LogP contribution in [0.5, 0.6) is 5.75 Å². The lowest BCUT2D eigenvalue weighted by Crippen LogP contribution is -2.05. The van der Waals surface area contributed by atoms with E-state index in [1.807, 2.05) is 61.5 Å². The van der Waals surface area contributed by atoms with Gasteiger partial charge >= 0.3 is 0 Å². The monoisotopic (exact) mass is 372 g/mol. The summed E-state index contributed by atoms with van der Waals surface area (Å²) in [4.78, 5) is 13.1. The van der Waals surface area contributed by atoms with Crippen molar-refractivity contribution in [2.75, 3.05) is 23.5 Å². The molecule has 2 heterocycles. The average Bonchev–Trinajstić information content (AvgIpc) is 2.71. The Labute approximate surface area is 162 Å². The van der Waals surface area contributed by atoms with Crippen LogP contribution in [0.1, 0.15) is 5.69 Å².